The van der Waals surface area contributed by atoms with E-state index in [2.05, 4.69) is 25.7 Å². The van der Waals surface area contributed by atoms with Crippen molar-refractivity contribution in [1.29, 1.82) is 0 Å². The van der Waals surface area contributed by atoms with Gasteiger partial charge in [0.15, 0.2) is 0 Å². The highest BCUT2D eigenvalue weighted by Gasteiger charge is 2.25. The van der Waals surface area contributed by atoms with Crippen molar-refractivity contribution in [3.63, 3.8) is 0 Å². The fourth-order valence-corrected chi connectivity index (χ4v) is 3.46. The summed E-state index contributed by atoms with van der Waals surface area (Å²) in [5.41, 5.74) is 3.64. The Morgan fingerprint density at radius 3 is 2.97 bits per heavy atom. The maximum absolute atomic E-state index is 12.4. The molecule has 1 aliphatic rings. The highest BCUT2D eigenvalue weighted by atomic mass is 16.5. The predicted octanol–water partition coefficient (Wildman–Crippen LogP) is 3.38. The summed E-state index contributed by atoms with van der Waals surface area (Å²) in [6, 6.07) is 12.8. The van der Waals surface area contributed by atoms with Crippen LogP contribution in [0.1, 0.15) is 17.3 Å². The number of aromatic nitrogens is 4. The van der Waals surface area contributed by atoms with Crippen LogP contribution in [0.5, 0.6) is 5.75 Å². The quantitative estimate of drug-likeness (QED) is 0.563. The van der Waals surface area contributed by atoms with Crippen LogP contribution < -0.4 is 15.4 Å². The average Bonchev–Trinajstić information content (AvgIpc) is 3.32. The smallest absolute Gasteiger partial charge is 0.321 e. The molecule has 1 aliphatic heterocycles. The molecule has 0 saturated carbocycles. The Bertz CT molecular complexity index is 1220. The Hall–Kier alpha value is -3.94. The zero-order valence-corrected chi connectivity index (χ0v) is 15.7. The van der Waals surface area contributed by atoms with Crippen molar-refractivity contribution in [2.45, 2.75) is 13.0 Å². The van der Waals surface area contributed by atoms with Gasteiger partial charge in [0, 0.05) is 22.8 Å². The molecule has 144 valence electrons. The molecule has 2 N–H and O–H groups in total. The zero-order chi connectivity index (χ0) is 19.8. The summed E-state index contributed by atoms with van der Waals surface area (Å²) >= 11 is 0. The minimum atomic E-state index is -0.334. The standard InChI is InChI=1S/C21H18N6O2/c1-13-8-15(6-7-22-13)27-18-11-23-20(9-14(18)10-24-27)26-21(28)25-17-12-29-19-5-3-2-4-16(17)19/h2-11,17H,12H2,1H3,(H2,23,25,26,28). The molecule has 8 heteroatoms. The van der Waals surface area contributed by atoms with Crippen molar-refractivity contribution in [1.82, 2.24) is 25.1 Å². The van der Waals surface area contributed by atoms with Crippen LogP contribution in [0.15, 0.2) is 61.1 Å². The second-order valence-electron chi connectivity index (χ2n) is 6.84. The lowest BCUT2D eigenvalue weighted by Gasteiger charge is -2.12. The number of urea groups is 1. The molecule has 2 amide bonds. The van der Waals surface area contributed by atoms with E-state index in [1.807, 2.05) is 43.3 Å². The number of ether oxygens (including phenoxy) is 1. The number of carbonyl (C=O) groups excluding carboxylic acids is 1. The van der Waals surface area contributed by atoms with Crippen LogP contribution in [0, 0.1) is 6.92 Å². The van der Waals surface area contributed by atoms with E-state index in [0.717, 1.165) is 33.6 Å². The number of benzene rings is 1. The van der Waals surface area contributed by atoms with Gasteiger partial charge < -0.3 is 10.1 Å². The lowest BCUT2D eigenvalue weighted by atomic mass is 10.1. The van der Waals surface area contributed by atoms with Crippen molar-refractivity contribution >= 4 is 22.8 Å². The van der Waals surface area contributed by atoms with Gasteiger partial charge in [0.05, 0.1) is 29.6 Å². The fraction of sp³-hybridized carbons (Fsp3) is 0.143. The highest BCUT2D eigenvalue weighted by molar-refractivity contribution is 5.91. The molecule has 4 heterocycles. The third-order valence-corrected chi connectivity index (χ3v) is 4.83. The number of fused-ring (bicyclic) bond motifs is 2. The second kappa shape index (κ2) is 6.90. The summed E-state index contributed by atoms with van der Waals surface area (Å²) < 4.78 is 7.40. The first-order chi connectivity index (χ1) is 14.2. The van der Waals surface area contributed by atoms with Crippen LogP contribution in [0.2, 0.25) is 0 Å². The molecule has 0 radical (unpaired) electrons. The van der Waals surface area contributed by atoms with Gasteiger partial charge in [0.25, 0.3) is 0 Å². The largest absolute Gasteiger partial charge is 0.491 e. The molecular weight excluding hydrogens is 368 g/mol. The molecule has 8 nitrogen and oxygen atoms in total. The van der Waals surface area contributed by atoms with Gasteiger partial charge in [-0.05, 0) is 31.2 Å². The molecule has 1 atom stereocenters. The summed E-state index contributed by atoms with van der Waals surface area (Å²) in [6.45, 7) is 2.35. The van der Waals surface area contributed by atoms with Crippen LogP contribution in [-0.4, -0.2) is 32.4 Å². The molecule has 4 aromatic rings. The third kappa shape index (κ3) is 3.25. The van der Waals surface area contributed by atoms with E-state index in [1.54, 1.807) is 29.3 Å². The molecule has 1 aromatic carbocycles. The minimum absolute atomic E-state index is 0.187. The molecule has 29 heavy (non-hydrogen) atoms. The van der Waals surface area contributed by atoms with Gasteiger partial charge in [0.2, 0.25) is 0 Å². The number of anilines is 1. The van der Waals surface area contributed by atoms with Crippen LogP contribution >= 0.6 is 0 Å². The SMILES string of the molecule is Cc1cc(-n2ncc3cc(NC(=O)NC4COc5ccccc54)ncc32)ccn1. The van der Waals surface area contributed by atoms with Gasteiger partial charge >= 0.3 is 6.03 Å². The summed E-state index contributed by atoms with van der Waals surface area (Å²) in [5.74, 6) is 1.25. The Kier molecular flexibility index (Phi) is 4.09. The summed E-state index contributed by atoms with van der Waals surface area (Å²) in [4.78, 5) is 21.0. The number of hydrogen-bond acceptors (Lipinski definition) is 5. The number of carbonyl (C=O) groups is 1. The topological polar surface area (TPSA) is 94.0 Å². The van der Waals surface area contributed by atoms with Crippen molar-refractivity contribution in [3.8, 4) is 11.4 Å². The van der Waals surface area contributed by atoms with Gasteiger partial charge in [-0.3, -0.25) is 10.3 Å². The lowest BCUT2D eigenvalue weighted by molar-refractivity contribution is 0.243. The number of amides is 2. The molecule has 1 unspecified atom stereocenters. The van der Waals surface area contributed by atoms with E-state index in [1.165, 1.54) is 0 Å². The number of rotatable bonds is 3. The van der Waals surface area contributed by atoms with E-state index in [0.29, 0.717) is 12.4 Å². The summed E-state index contributed by atoms with van der Waals surface area (Å²) in [6.07, 6.45) is 5.19. The van der Waals surface area contributed by atoms with Crippen LogP contribution in [-0.2, 0) is 0 Å². The first-order valence-electron chi connectivity index (χ1n) is 9.23. The Balaban J connectivity index is 1.33. The molecule has 0 spiro atoms. The van der Waals surface area contributed by atoms with Crippen LogP contribution in [0.3, 0.4) is 0 Å². The molecule has 0 aliphatic carbocycles. The van der Waals surface area contributed by atoms with E-state index < -0.39 is 0 Å². The monoisotopic (exact) mass is 386 g/mol. The first-order valence-corrected chi connectivity index (χ1v) is 9.23. The Morgan fingerprint density at radius 2 is 2.07 bits per heavy atom. The van der Waals surface area contributed by atoms with Crippen LogP contribution in [0.25, 0.3) is 16.6 Å². The van der Waals surface area contributed by atoms with Gasteiger partial charge in [-0.2, -0.15) is 5.10 Å². The number of nitrogens with zero attached hydrogens (tertiary/aromatic N) is 4. The first kappa shape index (κ1) is 17.2. The molecule has 5 rings (SSSR count). The maximum atomic E-state index is 12.4. The van der Waals surface area contributed by atoms with E-state index in [-0.39, 0.29) is 12.1 Å². The minimum Gasteiger partial charge on any atom is -0.491 e. The molecule has 0 bridgehead atoms. The summed E-state index contributed by atoms with van der Waals surface area (Å²) in [7, 11) is 0. The second-order valence-corrected chi connectivity index (χ2v) is 6.84. The predicted molar refractivity (Wildman–Crippen MR) is 108 cm³/mol. The number of nitrogens with one attached hydrogen (secondary N) is 2. The summed E-state index contributed by atoms with van der Waals surface area (Å²) in [5, 5.41) is 11.0. The molecule has 0 saturated heterocycles. The van der Waals surface area contributed by atoms with Crippen molar-refractivity contribution in [3.05, 3.63) is 72.3 Å². The average molecular weight is 386 g/mol. The maximum Gasteiger partial charge on any atom is 0.321 e. The van der Waals surface area contributed by atoms with Crippen molar-refractivity contribution in [2.24, 2.45) is 0 Å². The van der Waals surface area contributed by atoms with E-state index >= 15 is 0 Å². The number of hydrogen-bond donors (Lipinski definition) is 2. The number of pyridine rings is 2. The lowest BCUT2D eigenvalue weighted by Crippen LogP contribution is -2.33. The molecular formula is C21H18N6O2. The van der Waals surface area contributed by atoms with E-state index in [4.69, 9.17) is 4.74 Å². The zero-order valence-electron chi connectivity index (χ0n) is 15.7. The van der Waals surface area contributed by atoms with Gasteiger partial charge in [-0.1, -0.05) is 18.2 Å². The highest BCUT2D eigenvalue weighted by Crippen LogP contribution is 2.31. The Labute approximate surface area is 166 Å². The van der Waals surface area contributed by atoms with Crippen molar-refractivity contribution < 1.29 is 9.53 Å². The van der Waals surface area contributed by atoms with Gasteiger partial charge in [0.1, 0.15) is 18.2 Å². The van der Waals surface area contributed by atoms with Gasteiger partial charge in [-0.25, -0.2) is 14.5 Å². The van der Waals surface area contributed by atoms with Crippen molar-refractivity contribution in [2.75, 3.05) is 11.9 Å². The fourth-order valence-electron chi connectivity index (χ4n) is 3.46. The number of aryl methyl sites for hydroxylation is 1. The van der Waals surface area contributed by atoms with Gasteiger partial charge in [-0.15, -0.1) is 0 Å². The normalized spacial score (nSPS) is 15.0. The third-order valence-electron chi connectivity index (χ3n) is 4.83. The Morgan fingerprint density at radius 1 is 1.17 bits per heavy atom. The molecule has 3 aromatic heterocycles. The van der Waals surface area contributed by atoms with Crippen LogP contribution in [0.4, 0.5) is 10.6 Å². The molecule has 0 fully saturated rings. The number of para-hydroxylation sites is 1. The van der Waals surface area contributed by atoms with E-state index in [9.17, 15) is 4.79 Å².